The molecule has 0 unspecified atom stereocenters. The average molecular weight is 383 g/mol. The molecule has 5 nitrogen and oxygen atoms in total. The van der Waals surface area contributed by atoms with Gasteiger partial charge in [-0.15, -0.1) is 0 Å². The molecule has 0 saturated carbocycles. The number of fused-ring (bicyclic) bond motifs is 1. The first-order valence-corrected chi connectivity index (χ1v) is 9.61. The predicted molar refractivity (Wildman–Crippen MR) is 108 cm³/mol. The topological polar surface area (TPSA) is 56.1 Å². The van der Waals surface area contributed by atoms with Crippen LogP contribution in [0.15, 0.2) is 48.5 Å². The average Bonchev–Trinajstić information content (AvgIpc) is 3.04. The molecule has 28 heavy (non-hydrogen) atoms. The monoisotopic (exact) mass is 383 g/mol. The summed E-state index contributed by atoms with van der Waals surface area (Å²) in [4.78, 5) is 16.2. The van der Waals surface area contributed by atoms with Crippen LogP contribution in [0, 0.1) is 5.82 Å². The number of benzene rings is 2. The first-order chi connectivity index (χ1) is 13.7. The Morgan fingerprint density at radius 2 is 1.89 bits per heavy atom. The van der Waals surface area contributed by atoms with E-state index in [0.717, 1.165) is 48.1 Å². The third-order valence-corrected chi connectivity index (χ3v) is 4.66. The lowest BCUT2D eigenvalue weighted by molar-refractivity contribution is -0.124. The Morgan fingerprint density at radius 1 is 1.11 bits per heavy atom. The lowest BCUT2D eigenvalue weighted by atomic mass is 10.1. The van der Waals surface area contributed by atoms with E-state index in [4.69, 9.17) is 9.72 Å². The summed E-state index contributed by atoms with van der Waals surface area (Å²) in [6, 6.07) is 14.7. The van der Waals surface area contributed by atoms with Gasteiger partial charge >= 0.3 is 0 Å². The Bertz CT molecular complexity index is 906. The number of para-hydroxylation sites is 2. The van der Waals surface area contributed by atoms with Gasteiger partial charge in [-0.05, 0) is 42.7 Å². The van der Waals surface area contributed by atoms with Gasteiger partial charge in [-0.2, -0.15) is 0 Å². The maximum Gasteiger partial charge on any atom is 0.245 e. The summed E-state index contributed by atoms with van der Waals surface area (Å²) in [6.45, 7) is 1.44. The number of halogens is 1. The van der Waals surface area contributed by atoms with Gasteiger partial charge in [-0.1, -0.05) is 30.7 Å². The van der Waals surface area contributed by atoms with Gasteiger partial charge in [0.25, 0.3) is 0 Å². The fraction of sp³-hybridized carbons (Fsp3) is 0.364. The van der Waals surface area contributed by atoms with Gasteiger partial charge < -0.3 is 14.6 Å². The van der Waals surface area contributed by atoms with E-state index in [2.05, 4.69) is 16.0 Å². The summed E-state index contributed by atoms with van der Waals surface area (Å²) in [5.74, 6) is 0.731. The molecule has 0 aliphatic carbocycles. The molecule has 0 atom stereocenters. The number of hydrogen-bond acceptors (Lipinski definition) is 3. The largest absolute Gasteiger partial charge is 0.375 e. The highest BCUT2D eigenvalue weighted by Gasteiger charge is 2.11. The number of amides is 1. The SMILES string of the molecule is COCC(=O)NCCCCCc1nc2ccccc2n1Cc1ccc(F)cc1. The molecular weight excluding hydrogens is 357 g/mol. The molecule has 3 aromatic rings. The minimum atomic E-state index is -0.225. The number of hydrogen-bond donors (Lipinski definition) is 1. The number of imidazole rings is 1. The lowest BCUT2D eigenvalue weighted by Gasteiger charge is -2.10. The summed E-state index contributed by atoms with van der Waals surface area (Å²) in [5, 5.41) is 2.84. The van der Waals surface area contributed by atoms with Gasteiger partial charge in [0.1, 0.15) is 18.2 Å². The van der Waals surface area contributed by atoms with Crippen LogP contribution in [0.5, 0.6) is 0 Å². The van der Waals surface area contributed by atoms with Crippen LogP contribution >= 0.6 is 0 Å². The van der Waals surface area contributed by atoms with Crippen molar-refractivity contribution in [1.29, 1.82) is 0 Å². The van der Waals surface area contributed by atoms with Crippen LogP contribution in [-0.4, -0.2) is 35.7 Å². The lowest BCUT2D eigenvalue weighted by Crippen LogP contribution is -2.27. The molecule has 0 aliphatic rings. The van der Waals surface area contributed by atoms with Crippen LogP contribution < -0.4 is 5.32 Å². The molecule has 0 radical (unpaired) electrons. The highest BCUT2D eigenvalue weighted by atomic mass is 19.1. The smallest absolute Gasteiger partial charge is 0.245 e. The Hall–Kier alpha value is -2.73. The van der Waals surface area contributed by atoms with Crippen LogP contribution in [0.2, 0.25) is 0 Å². The maximum atomic E-state index is 13.2. The maximum absolute atomic E-state index is 13.2. The van der Waals surface area contributed by atoms with Crippen molar-refractivity contribution >= 4 is 16.9 Å². The second-order valence-electron chi connectivity index (χ2n) is 6.82. The van der Waals surface area contributed by atoms with Crippen molar-refractivity contribution in [2.75, 3.05) is 20.3 Å². The normalized spacial score (nSPS) is 11.1. The van der Waals surface area contributed by atoms with Gasteiger partial charge in [-0.25, -0.2) is 9.37 Å². The van der Waals surface area contributed by atoms with Crippen molar-refractivity contribution in [2.24, 2.45) is 0 Å². The van der Waals surface area contributed by atoms with Crippen molar-refractivity contribution in [3.63, 3.8) is 0 Å². The molecular formula is C22H26FN3O2. The number of aryl methyl sites for hydroxylation is 1. The van der Waals surface area contributed by atoms with E-state index in [1.807, 2.05) is 30.3 Å². The van der Waals surface area contributed by atoms with E-state index in [1.165, 1.54) is 19.2 Å². The molecule has 6 heteroatoms. The predicted octanol–water partition coefficient (Wildman–Crippen LogP) is 3.70. The molecule has 0 fully saturated rings. The fourth-order valence-corrected chi connectivity index (χ4v) is 3.26. The zero-order valence-corrected chi connectivity index (χ0v) is 16.2. The number of aromatic nitrogens is 2. The van der Waals surface area contributed by atoms with Crippen molar-refractivity contribution < 1.29 is 13.9 Å². The minimum Gasteiger partial charge on any atom is -0.375 e. The van der Waals surface area contributed by atoms with Crippen molar-refractivity contribution in [3.8, 4) is 0 Å². The number of nitrogens with zero attached hydrogens (tertiary/aromatic N) is 2. The summed E-state index contributed by atoms with van der Waals surface area (Å²) >= 11 is 0. The quantitative estimate of drug-likeness (QED) is 0.543. The minimum absolute atomic E-state index is 0.0800. The Kier molecular flexibility index (Phi) is 7.14. The van der Waals surface area contributed by atoms with Gasteiger partial charge in [0, 0.05) is 26.6 Å². The third kappa shape index (κ3) is 5.39. The molecule has 148 valence electrons. The number of ether oxygens (including phenoxy) is 1. The number of methoxy groups -OCH3 is 1. The molecule has 0 spiro atoms. The van der Waals surface area contributed by atoms with Crippen molar-refractivity contribution in [1.82, 2.24) is 14.9 Å². The fourth-order valence-electron chi connectivity index (χ4n) is 3.26. The summed E-state index contributed by atoms with van der Waals surface area (Å²) in [7, 11) is 1.51. The summed E-state index contributed by atoms with van der Waals surface area (Å²) < 4.78 is 20.2. The third-order valence-electron chi connectivity index (χ3n) is 4.66. The summed E-state index contributed by atoms with van der Waals surface area (Å²) in [5.41, 5.74) is 3.12. The number of carbonyl (C=O) groups is 1. The second-order valence-corrected chi connectivity index (χ2v) is 6.82. The molecule has 0 bridgehead atoms. The van der Waals surface area contributed by atoms with E-state index in [9.17, 15) is 9.18 Å². The molecule has 1 aromatic heterocycles. The van der Waals surface area contributed by atoms with Crippen LogP contribution in [0.25, 0.3) is 11.0 Å². The molecule has 1 N–H and O–H groups in total. The van der Waals surface area contributed by atoms with E-state index in [1.54, 1.807) is 0 Å². The van der Waals surface area contributed by atoms with Crippen molar-refractivity contribution in [2.45, 2.75) is 32.2 Å². The second kappa shape index (κ2) is 9.99. The highest BCUT2D eigenvalue weighted by Crippen LogP contribution is 2.20. The number of carbonyl (C=O) groups excluding carboxylic acids is 1. The Labute approximate surface area is 164 Å². The first kappa shape index (κ1) is 20.0. The van der Waals surface area contributed by atoms with Crippen LogP contribution in [0.1, 0.15) is 30.7 Å². The summed E-state index contributed by atoms with van der Waals surface area (Å²) in [6.07, 6.45) is 3.79. The van der Waals surface area contributed by atoms with Crippen LogP contribution in [0.4, 0.5) is 4.39 Å². The van der Waals surface area contributed by atoms with Crippen LogP contribution in [-0.2, 0) is 22.5 Å². The molecule has 0 aliphatic heterocycles. The van der Waals surface area contributed by atoms with E-state index < -0.39 is 0 Å². The molecule has 2 aromatic carbocycles. The molecule has 0 saturated heterocycles. The Morgan fingerprint density at radius 3 is 2.68 bits per heavy atom. The number of rotatable bonds is 10. The highest BCUT2D eigenvalue weighted by molar-refractivity contribution is 5.77. The van der Waals surface area contributed by atoms with E-state index >= 15 is 0 Å². The molecule has 3 rings (SSSR count). The van der Waals surface area contributed by atoms with Gasteiger partial charge in [0.2, 0.25) is 5.91 Å². The van der Waals surface area contributed by atoms with Gasteiger partial charge in [-0.3, -0.25) is 4.79 Å². The number of unbranched alkanes of at least 4 members (excludes halogenated alkanes) is 2. The standard InChI is InChI=1S/C22H26FN3O2/c1-28-16-22(27)24-14-6-2-3-9-21-25-19-7-4-5-8-20(19)26(21)15-17-10-12-18(23)13-11-17/h4-5,7-8,10-13H,2-3,6,9,14-16H2,1H3,(H,24,27). The molecule has 1 amide bonds. The van der Waals surface area contributed by atoms with E-state index in [0.29, 0.717) is 13.1 Å². The first-order valence-electron chi connectivity index (χ1n) is 9.61. The molecule has 1 heterocycles. The zero-order chi connectivity index (χ0) is 19.8. The number of nitrogens with one attached hydrogen (secondary N) is 1. The van der Waals surface area contributed by atoms with Gasteiger partial charge in [0.05, 0.1) is 11.0 Å². The van der Waals surface area contributed by atoms with Crippen molar-refractivity contribution in [3.05, 3.63) is 65.7 Å². The van der Waals surface area contributed by atoms with E-state index in [-0.39, 0.29) is 18.3 Å². The van der Waals surface area contributed by atoms with Crippen LogP contribution in [0.3, 0.4) is 0 Å². The zero-order valence-electron chi connectivity index (χ0n) is 16.2. The van der Waals surface area contributed by atoms with Gasteiger partial charge in [0.15, 0.2) is 0 Å². The Balaban J connectivity index is 1.61.